The first-order valence-corrected chi connectivity index (χ1v) is 3.68. The molecule has 1 heterocycles. The molecule has 0 radical (unpaired) electrons. The molecule has 0 aromatic heterocycles. The third-order valence-corrected chi connectivity index (χ3v) is 2.04. The van der Waals surface area contributed by atoms with Gasteiger partial charge in [0.15, 0.2) is 0 Å². The van der Waals surface area contributed by atoms with Gasteiger partial charge in [-0.25, -0.2) is 0 Å². The highest BCUT2D eigenvalue weighted by Gasteiger charge is 2.22. The Bertz CT molecular complexity index is 133. The van der Waals surface area contributed by atoms with Gasteiger partial charge in [0.2, 0.25) is 0 Å². The number of thioether (sulfide) groups is 1. The summed E-state index contributed by atoms with van der Waals surface area (Å²) in [5.74, 6) is 0.830. The average Bonchev–Trinajstić information content (AvgIpc) is 2.37. The van der Waals surface area contributed by atoms with E-state index in [0.29, 0.717) is 5.75 Å². The molecule has 1 aliphatic rings. The second kappa shape index (κ2) is 2.93. The Morgan fingerprint density at radius 2 is 2.56 bits per heavy atom. The van der Waals surface area contributed by atoms with Gasteiger partial charge in [0, 0.05) is 16.8 Å². The van der Waals surface area contributed by atoms with Crippen molar-refractivity contribution >= 4 is 17.7 Å². The number of nitroso groups, excluding NO2 is 1. The fourth-order valence-electron chi connectivity index (χ4n) is 0.617. The first-order valence-electron chi connectivity index (χ1n) is 2.53. The molecule has 1 unspecified atom stereocenters. The van der Waals surface area contributed by atoms with E-state index >= 15 is 0 Å². The van der Waals surface area contributed by atoms with Crippen molar-refractivity contribution in [3.63, 3.8) is 0 Å². The van der Waals surface area contributed by atoms with Gasteiger partial charge in [-0.15, -0.1) is 16.7 Å². The monoisotopic (exact) mass is 146 g/mol. The first-order chi connectivity index (χ1) is 4.34. The van der Waals surface area contributed by atoms with Crippen LogP contribution in [0.5, 0.6) is 0 Å². The topological polar surface area (TPSA) is 58.5 Å². The highest BCUT2D eigenvalue weighted by Crippen LogP contribution is 2.09. The summed E-state index contributed by atoms with van der Waals surface area (Å²) in [6.45, 7) is 0. The van der Waals surface area contributed by atoms with Gasteiger partial charge in [0.05, 0.1) is 0 Å². The molecular weight excluding hydrogens is 140 g/mol. The summed E-state index contributed by atoms with van der Waals surface area (Å²) in [6.07, 6.45) is 0. The third kappa shape index (κ3) is 1.49. The average molecular weight is 146 g/mol. The Hall–Kier alpha value is -0.420. The van der Waals surface area contributed by atoms with Gasteiger partial charge in [0.1, 0.15) is 6.04 Å². The van der Waals surface area contributed by atoms with Crippen LogP contribution in [0, 0.1) is 4.91 Å². The largest absolute Gasteiger partial charge is 0.303 e. The van der Waals surface area contributed by atoms with Crippen LogP contribution in [0.3, 0.4) is 0 Å². The lowest BCUT2D eigenvalue weighted by atomic mass is 10.3. The summed E-state index contributed by atoms with van der Waals surface area (Å²) in [5.41, 5.74) is 0. The summed E-state index contributed by atoms with van der Waals surface area (Å²) >= 11 is 1.60. The van der Waals surface area contributed by atoms with E-state index in [-0.39, 0.29) is 6.04 Å². The Kier molecular flexibility index (Phi) is 2.18. The van der Waals surface area contributed by atoms with Crippen molar-refractivity contribution in [3.8, 4) is 0 Å². The molecular formula is C4H6N2O2S. The molecule has 1 fully saturated rings. The molecule has 0 aromatic carbocycles. The molecule has 0 bridgehead atoms. The van der Waals surface area contributed by atoms with Crippen molar-refractivity contribution in [2.45, 2.75) is 6.04 Å². The van der Waals surface area contributed by atoms with Gasteiger partial charge in [-0.2, -0.15) is 0 Å². The summed E-state index contributed by atoms with van der Waals surface area (Å²) in [4.78, 5) is 20.1. The Morgan fingerprint density at radius 1 is 1.78 bits per heavy atom. The maximum absolute atomic E-state index is 10.5. The molecule has 0 aliphatic carbocycles. The van der Waals surface area contributed by atoms with Crippen LogP contribution in [0.2, 0.25) is 0 Å². The molecule has 1 amide bonds. The SMILES string of the molecule is O=NC(=O)C1CSCN1. The van der Waals surface area contributed by atoms with E-state index < -0.39 is 5.91 Å². The number of amides is 1. The van der Waals surface area contributed by atoms with Gasteiger partial charge in [-0.05, 0) is 0 Å². The second-order valence-electron chi connectivity index (χ2n) is 1.70. The van der Waals surface area contributed by atoms with Gasteiger partial charge in [-0.1, -0.05) is 0 Å². The fourth-order valence-corrected chi connectivity index (χ4v) is 1.55. The van der Waals surface area contributed by atoms with Gasteiger partial charge in [-0.3, -0.25) is 10.1 Å². The van der Waals surface area contributed by atoms with E-state index in [4.69, 9.17) is 0 Å². The molecule has 1 atom stereocenters. The van der Waals surface area contributed by atoms with Crippen LogP contribution in [-0.2, 0) is 4.79 Å². The van der Waals surface area contributed by atoms with E-state index in [0.717, 1.165) is 5.88 Å². The molecule has 50 valence electrons. The van der Waals surface area contributed by atoms with Crippen molar-refractivity contribution in [1.82, 2.24) is 5.32 Å². The molecule has 1 N–H and O–H groups in total. The zero-order valence-corrected chi connectivity index (χ0v) is 5.48. The smallest absolute Gasteiger partial charge is 0.296 e. The number of carbonyl (C=O) groups is 1. The lowest BCUT2D eigenvalue weighted by Crippen LogP contribution is -2.31. The van der Waals surface area contributed by atoms with Crippen LogP contribution in [0.4, 0.5) is 0 Å². The van der Waals surface area contributed by atoms with Gasteiger partial charge >= 0.3 is 5.91 Å². The minimum atomic E-state index is -0.583. The van der Waals surface area contributed by atoms with Crippen LogP contribution < -0.4 is 5.32 Å². The number of carbonyl (C=O) groups excluding carboxylic acids is 1. The molecule has 0 spiro atoms. The first kappa shape index (κ1) is 6.70. The lowest BCUT2D eigenvalue weighted by Gasteiger charge is -1.97. The number of hydrogen-bond acceptors (Lipinski definition) is 4. The predicted octanol–water partition coefficient (Wildman–Crippen LogP) is -0.0581. The quantitative estimate of drug-likeness (QED) is 0.526. The summed E-state index contributed by atoms with van der Waals surface area (Å²) < 4.78 is 0. The Balaban J connectivity index is 2.41. The number of rotatable bonds is 1. The Morgan fingerprint density at radius 3 is 3.00 bits per heavy atom. The molecule has 1 aliphatic heterocycles. The van der Waals surface area contributed by atoms with Gasteiger partial charge < -0.3 is 0 Å². The van der Waals surface area contributed by atoms with Gasteiger partial charge in [0.25, 0.3) is 0 Å². The molecule has 0 saturated carbocycles. The zero-order valence-electron chi connectivity index (χ0n) is 4.66. The van der Waals surface area contributed by atoms with Crippen molar-refractivity contribution in [2.24, 2.45) is 5.18 Å². The van der Waals surface area contributed by atoms with Crippen LogP contribution in [0.1, 0.15) is 0 Å². The normalized spacial score (nSPS) is 26.0. The maximum atomic E-state index is 10.5. The number of nitrogens with zero attached hydrogens (tertiary/aromatic N) is 1. The van der Waals surface area contributed by atoms with E-state index in [1.807, 2.05) is 0 Å². The standard InChI is InChI=1S/C4H6N2O2S/c7-4(6-8)3-1-9-2-5-3/h3,5H,1-2H2. The lowest BCUT2D eigenvalue weighted by molar-refractivity contribution is -0.119. The summed E-state index contributed by atoms with van der Waals surface area (Å²) in [7, 11) is 0. The predicted molar refractivity (Wildman–Crippen MR) is 35.1 cm³/mol. The van der Waals surface area contributed by atoms with E-state index in [1.165, 1.54) is 0 Å². The highest BCUT2D eigenvalue weighted by atomic mass is 32.2. The summed E-state index contributed by atoms with van der Waals surface area (Å²) in [5, 5.41) is 5.13. The maximum Gasteiger partial charge on any atom is 0.303 e. The molecule has 0 aromatic rings. The molecule has 1 rings (SSSR count). The fraction of sp³-hybridized carbons (Fsp3) is 0.750. The van der Waals surface area contributed by atoms with Crippen molar-refractivity contribution in [1.29, 1.82) is 0 Å². The zero-order chi connectivity index (χ0) is 6.69. The third-order valence-electron chi connectivity index (χ3n) is 1.10. The van der Waals surface area contributed by atoms with Crippen molar-refractivity contribution in [2.75, 3.05) is 11.6 Å². The summed E-state index contributed by atoms with van der Waals surface area (Å²) in [6, 6.07) is -0.326. The molecule has 4 nitrogen and oxygen atoms in total. The number of nitrogens with one attached hydrogen (secondary N) is 1. The van der Waals surface area contributed by atoms with Crippen LogP contribution in [0.25, 0.3) is 0 Å². The molecule has 5 heteroatoms. The van der Waals surface area contributed by atoms with E-state index in [9.17, 15) is 9.70 Å². The van der Waals surface area contributed by atoms with Crippen LogP contribution in [-0.4, -0.2) is 23.6 Å². The second-order valence-corrected chi connectivity index (χ2v) is 2.73. The van der Waals surface area contributed by atoms with E-state index in [1.54, 1.807) is 11.8 Å². The van der Waals surface area contributed by atoms with Crippen LogP contribution in [0.15, 0.2) is 5.18 Å². The number of hydrogen-bond donors (Lipinski definition) is 1. The Labute approximate surface area is 56.4 Å². The minimum Gasteiger partial charge on any atom is -0.296 e. The highest BCUT2D eigenvalue weighted by molar-refractivity contribution is 7.99. The van der Waals surface area contributed by atoms with Crippen molar-refractivity contribution < 1.29 is 4.79 Å². The molecule has 1 saturated heterocycles. The minimum absolute atomic E-state index is 0.326. The van der Waals surface area contributed by atoms with E-state index in [2.05, 4.69) is 10.5 Å². The molecule has 9 heavy (non-hydrogen) atoms. The van der Waals surface area contributed by atoms with Crippen molar-refractivity contribution in [3.05, 3.63) is 4.91 Å². The van der Waals surface area contributed by atoms with Crippen LogP contribution >= 0.6 is 11.8 Å².